The number of hydrogen-bond donors (Lipinski definition) is 1. The van der Waals surface area contributed by atoms with Crippen LogP contribution in [-0.4, -0.2) is 21.5 Å². The Balaban J connectivity index is 1.61. The molecule has 40 heavy (non-hydrogen) atoms. The molecule has 1 saturated carbocycles. The summed E-state index contributed by atoms with van der Waals surface area (Å²) in [5.74, 6) is 0.644. The Morgan fingerprint density at radius 3 is 2.15 bits per heavy atom. The van der Waals surface area contributed by atoms with E-state index in [9.17, 15) is 19.8 Å². The molecule has 0 amide bonds. The number of non-ortho nitro benzene ring substituents is 1. The van der Waals surface area contributed by atoms with Crippen LogP contribution in [0.25, 0.3) is 0 Å². The molecular weight excluding hydrogens is 580 g/mol. The first kappa shape index (κ1) is 32.0. The van der Waals surface area contributed by atoms with Gasteiger partial charge >= 0.3 is 14.1 Å². The van der Waals surface area contributed by atoms with Crippen LogP contribution in [0, 0.1) is 22.0 Å². The summed E-state index contributed by atoms with van der Waals surface area (Å²) >= 11 is 12.7. The maximum atomic E-state index is 13.1. The molecule has 0 bridgehead atoms. The summed E-state index contributed by atoms with van der Waals surface area (Å²) in [5.41, 5.74) is 2.68. The highest BCUT2D eigenvalue weighted by atomic mass is 35.5. The lowest BCUT2D eigenvalue weighted by Gasteiger charge is -2.30. The van der Waals surface area contributed by atoms with Crippen LogP contribution in [0.3, 0.4) is 0 Å². The van der Waals surface area contributed by atoms with E-state index in [0.717, 1.165) is 44.9 Å². The Hall–Kier alpha value is -2.49. The molecule has 2 atom stereocenters. The van der Waals surface area contributed by atoms with E-state index >= 15 is 0 Å². The molecule has 1 aliphatic carbocycles. The van der Waals surface area contributed by atoms with E-state index in [1.807, 2.05) is 13.8 Å². The standard InChI is InChI=1S/C27H34Cl2N3O7P/c1-3-19(4-2)18-27(28,29)38-26(33)25(20-8-6-5-7-9-20)30-31-40(36)39-24-16-14-23(15-17-24)37-22-12-10-21(11-13-22)32(34)35/h10-17,19-20,25,30H,3-9,18H2,1-2H3/t25-/m0/s1. The van der Waals surface area contributed by atoms with E-state index in [1.54, 1.807) is 24.3 Å². The van der Waals surface area contributed by atoms with Crippen molar-refractivity contribution in [3.63, 3.8) is 0 Å². The molecule has 3 rings (SSSR count). The van der Waals surface area contributed by atoms with Crippen LogP contribution in [0.2, 0.25) is 0 Å². The molecule has 1 unspecified atom stereocenters. The minimum atomic E-state index is -2.57. The number of nitrogens with zero attached hydrogens (tertiary/aromatic N) is 2. The highest BCUT2D eigenvalue weighted by Gasteiger charge is 2.38. The molecule has 10 nitrogen and oxygen atoms in total. The largest absolute Gasteiger partial charge is 0.574 e. The van der Waals surface area contributed by atoms with Crippen molar-refractivity contribution in [2.24, 2.45) is 16.7 Å². The highest BCUT2D eigenvalue weighted by molar-refractivity contribution is 7.33. The van der Waals surface area contributed by atoms with Gasteiger partial charge in [0.15, 0.2) is 5.75 Å². The van der Waals surface area contributed by atoms with E-state index in [4.69, 9.17) is 37.2 Å². The fourth-order valence-corrected chi connectivity index (χ4v) is 5.69. The van der Waals surface area contributed by atoms with Gasteiger partial charge in [-0.05, 0) is 61.1 Å². The first-order valence-corrected chi connectivity index (χ1v) is 15.2. The summed E-state index contributed by atoms with van der Waals surface area (Å²) in [6.45, 7) is 4.06. The first-order valence-electron chi connectivity index (χ1n) is 13.3. The summed E-state index contributed by atoms with van der Waals surface area (Å²) < 4.78 is 14.9. The monoisotopic (exact) mass is 613 g/mol. The fraction of sp³-hybridized carbons (Fsp3) is 0.519. The van der Waals surface area contributed by atoms with E-state index < -0.39 is 29.6 Å². The van der Waals surface area contributed by atoms with Crippen molar-refractivity contribution in [1.29, 1.82) is 0 Å². The second kappa shape index (κ2) is 15.5. The van der Waals surface area contributed by atoms with Gasteiger partial charge < -0.3 is 14.4 Å². The second-order valence-corrected chi connectivity index (χ2v) is 12.0. The third kappa shape index (κ3) is 10.2. The van der Waals surface area contributed by atoms with Crippen LogP contribution < -0.4 is 19.6 Å². The minimum Gasteiger partial charge on any atom is -0.574 e. The first-order chi connectivity index (χ1) is 19.1. The summed E-state index contributed by atoms with van der Waals surface area (Å²) in [7, 11) is -2.57. The van der Waals surface area contributed by atoms with Gasteiger partial charge in [-0.25, -0.2) is 0 Å². The molecule has 2 aromatic rings. The lowest BCUT2D eigenvalue weighted by atomic mass is 9.84. The Labute approximate surface area is 245 Å². The Kier molecular flexibility index (Phi) is 12.4. The molecule has 1 aliphatic rings. The second-order valence-electron chi connectivity index (χ2n) is 9.70. The van der Waals surface area contributed by atoms with Gasteiger partial charge in [0.05, 0.1) is 4.92 Å². The van der Waals surface area contributed by atoms with Crippen molar-refractivity contribution >= 4 is 43.0 Å². The van der Waals surface area contributed by atoms with Crippen molar-refractivity contribution in [1.82, 2.24) is 5.43 Å². The zero-order valence-electron chi connectivity index (χ0n) is 22.5. The third-order valence-electron chi connectivity index (χ3n) is 6.88. The molecular formula is C27H34Cl2N3O7P. The molecule has 0 saturated heterocycles. The zero-order chi connectivity index (χ0) is 29.1. The molecule has 0 radical (unpaired) electrons. The molecule has 0 heterocycles. The fourth-order valence-electron chi connectivity index (χ4n) is 4.54. The van der Waals surface area contributed by atoms with Crippen molar-refractivity contribution in [2.75, 3.05) is 0 Å². The van der Waals surface area contributed by atoms with Crippen molar-refractivity contribution < 1.29 is 28.6 Å². The van der Waals surface area contributed by atoms with Crippen molar-refractivity contribution in [3.05, 3.63) is 58.6 Å². The maximum absolute atomic E-state index is 13.1. The molecule has 13 heteroatoms. The lowest BCUT2D eigenvalue weighted by Crippen LogP contribution is -2.44. The number of nitro groups is 1. The number of esters is 1. The van der Waals surface area contributed by atoms with Gasteiger partial charge in [0.2, 0.25) is 0 Å². The van der Waals surface area contributed by atoms with Crippen molar-refractivity contribution in [2.45, 2.75) is 75.8 Å². The molecule has 1 fully saturated rings. The third-order valence-corrected chi connectivity index (χ3v) is 7.98. The summed E-state index contributed by atoms with van der Waals surface area (Å²) in [5, 5.41) is 10.8. The Morgan fingerprint density at radius 2 is 1.60 bits per heavy atom. The van der Waals surface area contributed by atoms with Crippen LogP contribution in [-0.2, 0) is 9.53 Å². The molecule has 0 aromatic heterocycles. The Bertz CT molecular complexity index is 1140. The van der Waals surface area contributed by atoms with Gasteiger partial charge in [-0.2, -0.15) is 5.43 Å². The van der Waals surface area contributed by atoms with Gasteiger partial charge in [-0.3, -0.25) is 19.4 Å². The van der Waals surface area contributed by atoms with Gasteiger partial charge in [0, 0.05) is 23.4 Å². The van der Waals surface area contributed by atoms with Crippen LogP contribution in [0.4, 0.5) is 5.69 Å². The van der Waals surface area contributed by atoms with Gasteiger partial charge in [-0.15, -0.1) is 0 Å². The van der Waals surface area contributed by atoms with Crippen molar-refractivity contribution in [3.8, 4) is 17.2 Å². The molecule has 0 spiro atoms. The number of rotatable bonds is 14. The van der Waals surface area contributed by atoms with Crippen LogP contribution in [0.5, 0.6) is 17.2 Å². The van der Waals surface area contributed by atoms with Crippen LogP contribution in [0.15, 0.2) is 53.4 Å². The number of hydrogen-bond acceptors (Lipinski definition) is 8. The maximum Gasteiger partial charge on any atom is 0.412 e. The van der Waals surface area contributed by atoms with E-state index in [-0.39, 0.29) is 23.3 Å². The van der Waals surface area contributed by atoms with Gasteiger partial charge in [0.25, 0.3) is 10.2 Å². The number of nitro benzene ring substituents is 1. The topological polar surface area (TPSA) is 135 Å². The van der Waals surface area contributed by atoms with E-state index in [1.165, 1.54) is 24.3 Å². The SMILES string of the molecule is CCC(CC)CC(Cl)(Cl)OC(=O)[C@@H](N/N=[P+](\[O-])Oc1ccc(Oc2ccc([N+](=O)[O-])cc2)cc1)C1CCCCC1. The lowest BCUT2D eigenvalue weighted by molar-refractivity contribution is -0.384. The zero-order valence-corrected chi connectivity index (χ0v) is 24.9. The quantitative estimate of drug-likeness (QED) is 0.0757. The van der Waals surface area contributed by atoms with Gasteiger partial charge in [-0.1, -0.05) is 69.2 Å². The number of carbonyl (C=O) groups is 1. The molecule has 2 aromatic carbocycles. The summed E-state index contributed by atoms with van der Waals surface area (Å²) in [4.78, 5) is 39.9. The van der Waals surface area contributed by atoms with E-state index in [2.05, 4.69) is 10.3 Å². The average Bonchev–Trinajstić information content (AvgIpc) is 2.93. The van der Waals surface area contributed by atoms with Gasteiger partial charge in [0.1, 0.15) is 17.5 Å². The number of ether oxygens (including phenoxy) is 2. The highest BCUT2D eigenvalue weighted by Crippen LogP contribution is 2.36. The Morgan fingerprint density at radius 1 is 1.05 bits per heavy atom. The number of carbonyl (C=O) groups excluding carboxylic acids is 1. The number of nitrogens with one attached hydrogen (secondary N) is 1. The van der Waals surface area contributed by atoms with Crippen LogP contribution >= 0.6 is 31.4 Å². The number of benzene rings is 2. The van der Waals surface area contributed by atoms with Crippen LogP contribution in [0.1, 0.15) is 65.2 Å². The normalized spacial score (nSPS) is 15.5. The average molecular weight is 614 g/mol. The van der Waals surface area contributed by atoms with E-state index in [0.29, 0.717) is 17.9 Å². The smallest absolute Gasteiger partial charge is 0.412 e. The predicted octanol–water partition coefficient (Wildman–Crippen LogP) is 7.58. The molecule has 218 valence electrons. The molecule has 1 N–H and O–H groups in total. The minimum absolute atomic E-state index is 0.0393. The summed E-state index contributed by atoms with van der Waals surface area (Å²) in [6, 6.07) is 11.1. The summed E-state index contributed by atoms with van der Waals surface area (Å²) in [6.07, 6.45) is 6.63. The predicted molar refractivity (Wildman–Crippen MR) is 152 cm³/mol. The number of halogens is 2. The number of alkyl halides is 2. The molecule has 0 aliphatic heterocycles.